The van der Waals surface area contributed by atoms with Gasteiger partial charge in [-0.3, -0.25) is 9.69 Å². The Hall–Kier alpha value is -2.33. The number of fused-ring (bicyclic) bond motifs is 2. The molecule has 4 heteroatoms. The van der Waals surface area contributed by atoms with Gasteiger partial charge in [-0.1, -0.05) is 36.4 Å². The van der Waals surface area contributed by atoms with E-state index in [1.165, 1.54) is 11.1 Å². The van der Waals surface area contributed by atoms with Crippen LogP contribution in [0.25, 0.3) is 0 Å². The zero-order chi connectivity index (χ0) is 17.5. The molecule has 5 rings (SSSR count). The first-order valence-corrected chi connectivity index (χ1v) is 9.50. The number of likely N-dealkylation sites (tertiary alicyclic amines) is 1. The average Bonchev–Trinajstić information content (AvgIpc) is 3.28. The molecule has 2 fully saturated rings. The number of rotatable bonds is 3. The number of benzene rings is 2. The van der Waals surface area contributed by atoms with Gasteiger partial charge < -0.3 is 9.47 Å². The Bertz CT molecular complexity index is 819. The van der Waals surface area contributed by atoms with E-state index in [1.807, 2.05) is 6.07 Å². The number of ether oxygens (including phenoxy) is 2. The Morgan fingerprint density at radius 3 is 2.77 bits per heavy atom. The summed E-state index contributed by atoms with van der Waals surface area (Å²) in [5, 5.41) is 0. The molecule has 0 unspecified atom stereocenters. The fourth-order valence-electron chi connectivity index (χ4n) is 4.91. The molecule has 2 heterocycles. The molecule has 2 aliphatic heterocycles. The number of Topliss-reactive ketones (excluding diaryl/α,β-unsaturated/α-hetero) is 1. The van der Waals surface area contributed by atoms with Gasteiger partial charge in [-0.25, -0.2) is 0 Å². The molecule has 4 nitrogen and oxygen atoms in total. The van der Waals surface area contributed by atoms with Crippen LogP contribution in [0.2, 0.25) is 0 Å². The maximum atomic E-state index is 12.8. The minimum Gasteiger partial charge on any atom is -0.454 e. The van der Waals surface area contributed by atoms with Crippen molar-refractivity contribution < 1.29 is 14.3 Å². The molecule has 0 N–H and O–H groups in total. The lowest BCUT2D eigenvalue weighted by atomic mass is 9.76. The Balaban J connectivity index is 1.46. The molecule has 2 aromatic carbocycles. The van der Waals surface area contributed by atoms with E-state index in [1.54, 1.807) is 0 Å². The van der Waals surface area contributed by atoms with Gasteiger partial charge in [-0.15, -0.1) is 0 Å². The van der Waals surface area contributed by atoms with E-state index in [2.05, 4.69) is 47.4 Å². The molecule has 1 saturated heterocycles. The van der Waals surface area contributed by atoms with Crippen LogP contribution < -0.4 is 9.47 Å². The maximum absolute atomic E-state index is 12.8. The van der Waals surface area contributed by atoms with E-state index in [-0.39, 0.29) is 18.6 Å². The van der Waals surface area contributed by atoms with Crippen LogP contribution in [-0.4, -0.2) is 30.1 Å². The van der Waals surface area contributed by atoms with Gasteiger partial charge in [0.2, 0.25) is 6.79 Å². The molecule has 3 atom stereocenters. The predicted octanol–water partition coefficient (Wildman–Crippen LogP) is 3.75. The zero-order valence-corrected chi connectivity index (χ0v) is 14.8. The molecule has 0 radical (unpaired) electrons. The molecule has 3 aliphatic rings. The second kappa shape index (κ2) is 6.44. The second-order valence-electron chi connectivity index (χ2n) is 7.59. The van der Waals surface area contributed by atoms with Crippen molar-refractivity contribution in [2.75, 3.05) is 13.3 Å². The monoisotopic (exact) mass is 349 g/mol. The lowest BCUT2D eigenvalue weighted by Crippen LogP contribution is -2.38. The van der Waals surface area contributed by atoms with Crippen LogP contribution in [0, 0.1) is 5.92 Å². The summed E-state index contributed by atoms with van der Waals surface area (Å²) in [7, 11) is 0. The minimum atomic E-state index is 0.104. The fourth-order valence-corrected chi connectivity index (χ4v) is 4.91. The van der Waals surface area contributed by atoms with E-state index in [4.69, 9.17) is 9.47 Å². The van der Waals surface area contributed by atoms with Crippen LogP contribution in [0.5, 0.6) is 11.5 Å². The highest BCUT2D eigenvalue weighted by atomic mass is 16.7. The van der Waals surface area contributed by atoms with E-state index in [0.29, 0.717) is 11.8 Å². The fraction of sp³-hybridized carbons (Fsp3) is 0.409. The van der Waals surface area contributed by atoms with Crippen LogP contribution >= 0.6 is 0 Å². The van der Waals surface area contributed by atoms with Crippen molar-refractivity contribution >= 4 is 5.78 Å². The van der Waals surface area contributed by atoms with Crippen molar-refractivity contribution in [2.45, 2.75) is 37.8 Å². The Morgan fingerprint density at radius 2 is 1.88 bits per heavy atom. The molecule has 0 amide bonds. The van der Waals surface area contributed by atoms with Crippen LogP contribution in [-0.2, 0) is 11.3 Å². The van der Waals surface area contributed by atoms with Gasteiger partial charge in [0, 0.05) is 37.4 Å². The van der Waals surface area contributed by atoms with Gasteiger partial charge in [-0.2, -0.15) is 0 Å². The summed E-state index contributed by atoms with van der Waals surface area (Å²) in [4.78, 5) is 15.3. The highest BCUT2D eigenvalue weighted by molar-refractivity contribution is 5.84. The van der Waals surface area contributed by atoms with Gasteiger partial charge in [0.05, 0.1) is 0 Å². The minimum absolute atomic E-state index is 0.104. The van der Waals surface area contributed by atoms with Gasteiger partial charge >= 0.3 is 0 Å². The first kappa shape index (κ1) is 15.9. The van der Waals surface area contributed by atoms with Gasteiger partial charge in [0.1, 0.15) is 5.78 Å². The van der Waals surface area contributed by atoms with Crippen molar-refractivity contribution in [1.29, 1.82) is 0 Å². The molecule has 1 aliphatic carbocycles. The van der Waals surface area contributed by atoms with Crippen molar-refractivity contribution in [3.05, 3.63) is 59.7 Å². The average molecular weight is 349 g/mol. The number of carbonyl (C=O) groups excluding carboxylic acids is 1. The third kappa shape index (κ3) is 2.69. The first-order chi connectivity index (χ1) is 12.8. The number of carbonyl (C=O) groups is 1. The molecule has 134 valence electrons. The third-order valence-corrected chi connectivity index (χ3v) is 6.10. The molecule has 1 saturated carbocycles. The molecule has 26 heavy (non-hydrogen) atoms. The summed E-state index contributed by atoms with van der Waals surface area (Å²) in [6.45, 7) is 2.13. The Labute approximate surface area is 153 Å². The topological polar surface area (TPSA) is 38.8 Å². The Kier molecular flexibility index (Phi) is 3.93. The van der Waals surface area contributed by atoms with E-state index < -0.39 is 0 Å². The first-order valence-electron chi connectivity index (χ1n) is 9.50. The van der Waals surface area contributed by atoms with Crippen molar-refractivity contribution in [3.8, 4) is 11.5 Å². The number of nitrogens with zero attached hydrogens (tertiary/aromatic N) is 1. The van der Waals surface area contributed by atoms with E-state index in [9.17, 15) is 4.79 Å². The number of hydrogen-bond acceptors (Lipinski definition) is 4. The van der Waals surface area contributed by atoms with Crippen LogP contribution in [0.4, 0.5) is 0 Å². The summed E-state index contributed by atoms with van der Waals surface area (Å²) < 4.78 is 11.0. The van der Waals surface area contributed by atoms with Crippen molar-refractivity contribution in [3.63, 3.8) is 0 Å². The largest absolute Gasteiger partial charge is 0.454 e. The quantitative estimate of drug-likeness (QED) is 0.846. The normalized spacial score (nSPS) is 27.5. The molecular formula is C22H23NO3. The number of hydrogen-bond donors (Lipinski definition) is 0. The van der Waals surface area contributed by atoms with Crippen molar-refractivity contribution in [1.82, 2.24) is 4.90 Å². The molecule has 0 bridgehead atoms. The molecule has 2 aromatic rings. The van der Waals surface area contributed by atoms with E-state index >= 15 is 0 Å². The smallest absolute Gasteiger partial charge is 0.231 e. The third-order valence-electron chi connectivity index (χ3n) is 6.10. The predicted molar refractivity (Wildman–Crippen MR) is 98.3 cm³/mol. The highest BCUT2D eigenvalue weighted by Crippen LogP contribution is 2.45. The Morgan fingerprint density at radius 1 is 1.04 bits per heavy atom. The summed E-state index contributed by atoms with van der Waals surface area (Å²) in [5.41, 5.74) is 2.52. The summed E-state index contributed by atoms with van der Waals surface area (Å²) in [6.07, 6.45) is 2.85. The van der Waals surface area contributed by atoms with Gasteiger partial charge in [0.25, 0.3) is 0 Å². The van der Waals surface area contributed by atoms with E-state index in [0.717, 1.165) is 43.9 Å². The second-order valence-corrected chi connectivity index (χ2v) is 7.59. The molecule has 0 spiro atoms. The highest BCUT2D eigenvalue weighted by Gasteiger charge is 2.47. The lowest BCUT2D eigenvalue weighted by Gasteiger charge is -2.31. The summed E-state index contributed by atoms with van der Waals surface area (Å²) in [5.74, 6) is 2.39. The molecule has 0 aromatic heterocycles. The maximum Gasteiger partial charge on any atom is 0.231 e. The standard InChI is InChI=1S/C22H23NO3/c24-19-8-4-7-18-22(19)17(13-23(18)12-15-5-2-1-3-6-15)16-9-10-20-21(11-16)26-14-25-20/h1-3,5-6,9-11,17-18,22H,4,7-8,12-14H2/t17-,18-,22-/m0/s1. The molecular weight excluding hydrogens is 326 g/mol. The van der Waals surface area contributed by atoms with Crippen LogP contribution in [0.15, 0.2) is 48.5 Å². The van der Waals surface area contributed by atoms with Crippen molar-refractivity contribution in [2.24, 2.45) is 5.92 Å². The lowest BCUT2D eigenvalue weighted by molar-refractivity contribution is -0.125. The SMILES string of the molecule is O=C1CCC[C@H]2[C@@H]1[C@H](c1ccc3c(c1)OCO3)CN2Cc1ccccc1. The van der Waals surface area contributed by atoms with Gasteiger partial charge in [0.15, 0.2) is 11.5 Å². The van der Waals surface area contributed by atoms with Crippen LogP contribution in [0.1, 0.15) is 36.3 Å². The van der Waals surface area contributed by atoms with Gasteiger partial charge in [-0.05, 0) is 36.1 Å². The zero-order valence-electron chi connectivity index (χ0n) is 14.8. The number of ketones is 1. The summed E-state index contributed by atoms with van der Waals surface area (Å²) in [6, 6.07) is 17.1. The summed E-state index contributed by atoms with van der Waals surface area (Å²) >= 11 is 0. The van der Waals surface area contributed by atoms with Crippen LogP contribution in [0.3, 0.4) is 0 Å².